The van der Waals surface area contributed by atoms with Gasteiger partial charge in [0.15, 0.2) is 0 Å². The monoisotopic (exact) mass is 355 g/mol. The predicted octanol–water partition coefficient (Wildman–Crippen LogP) is 5.29. The minimum atomic E-state index is 0.689. The largest absolute Gasteiger partial charge is 0.377 e. The summed E-state index contributed by atoms with van der Waals surface area (Å²) < 4.78 is 6.91. The van der Waals surface area contributed by atoms with E-state index in [9.17, 15) is 0 Å². The lowest BCUT2D eigenvalue weighted by Crippen LogP contribution is -2.18. The topological polar surface area (TPSA) is 21.3 Å². The van der Waals surface area contributed by atoms with E-state index in [-0.39, 0.29) is 0 Å². The van der Waals surface area contributed by atoms with Crippen LogP contribution in [0.2, 0.25) is 0 Å². The standard InChI is InChI=1S/C18H30BrNO/c1-4-5-6-7-10-21-14-17-9-8-16(11-18(17)19)13-20-12-15(2)3/h8-9,11,15,20H,4-7,10,12-14H2,1-3H3. The molecule has 0 unspecified atom stereocenters. The molecule has 0 radical (unpaired) electrons. The maximum atomic E-state index is 5.75. The van der Waals surface area contributed by atoms with Crippen molar-refractivity contribution in [1.82, 2.24) is 5.32 Å². The van der Waals surface area contributed by atoms with Gasteiger partial charge in [-0.3, -0.25) is 0 Å². The number of rotatable bonds is 11. The van der Waals surface area contributed by atoms with Crippen LogP contribution in [0.1, 0.15) is 57.6 Å². The average molecular weight is 356 g/mol. The molecule has 1 rings (SSSR count). The SMILES string of the molecule is CCCCCCOCc1ccc(CNCC(C)C)cc1Br. The highest BCUT2D eigenvalue weighted by Crippen LogP contribution is 2.20. The average Bonchev–Trinajstić information content (AvgIpc) is 2.44. The molecule has 1 N–H and O–H groups in total. The summed E-state index contributed by atoms with van der Waals surface area (Å²) in [5, 5.41) is 3.47. The van der Waals surface area contributed by atoms with Gasteiger partial charge >= 0.3 is 0 Å². The molecular formula is C18H30BrNO. The van der Waals surface area contributed by atoms with Crippen LogP contribution in [-0.4, -0.2) is 13.2 Å². The van der Waals surface area contributed by atoms with Crippen molar-refractivity contribution < 1.29 is 4.74 Å². The Morgan fingerprint density at radius 1 is 1.19 bits per heavy atom. The van der Waals surface area contributed by atoms with E-state index < -0.39 is 0 Å². The summed E-state index contributed by atoms with van der Waals surface area (Å²) in [5.74, 6) is 0.689. The fraction of sp³-hybridized carbons (Fsp3) is 0.667. The van der Waals surface area contributed by atoms with Gasteiger partial charge in [0.05, 0.1) is 6.61 Å². The summed E-state index contributed by atoms with van der Waals surface area (Å²) in [5.41, 5.74) is 2.55. The van der Waals surface area contributed by atoms with Gasteiger partial charge in [0.25, 0.3) is 0 Å². The Morgan fingerprint density at radius 3 is 2.67 bits per heavy atom. The van der Waals surface area contributed by atoms with Crippen molar-refractivity contribution in [1.29, 1.82) is 0 Å². The van der Waals surface area contributed by atoms with Gasteiger partial charge in [0, 0.05) is 17.6 Å². The molecule has 1 aromatic carbocycles. The quantitative estimate of drug-likeness (QED) is 0.544. The van der Waals surface area contributed by atoms with Crippen molar-refractivity contribution in [2.75, 3.05) is 13.2 Å². The second-order valence-electron chi connectivity index (χ2n) is 6.06. The molecule has 21 heavy (non-hydrogen) atoms. The first-order valence-corrected chi connectivity index (χ1v) is 8.98. The normalized spacial score (nSPS) is 11.3. The highest BCUT2D eigenvalue weighted by molar-refractivity contribution is 9.10. The summed E-state index contributed by atoms with van der Waals surface area (Å²) in [6, 6.07) is 6.56. The van der Waals surface area contributed by atoms with Crippen molar-refractivity contribution in [2.45, 2.75) is 59.6 Å². The summed E-state index contributed by atoms with van der Waals surface area (Å²) >= 11 is 3.65. The number of benzene rings is 1. The van der Waals surface area contributed by atoms with Gasteiger partial charge in [-0.2, -0.15) is 0 Å². The molecule has 0 saturated carbocycles. The molecule has 0 aliphatic rings. The third-order valence-corrected chi connectivity index (χ3v) is 4.14. The van der Waals surface area contributed by atoms with E-state index in [4.69, 9.17) is 4.74 Å². The summed E-state index contributed by atoms with van der Waals surface area (Å²) in [6.45, 7) is 10.2. The number of halogens is 1. The van der Waals surface area contributed by atoms with E-state index in [0.29, 0.717) is 12.5 Å². The minimum Gasteiger partial charge on any atom is -0.377 e. The van der Waals surface area contributed by atoms with Crippen molar-refractivity contribution in [2.24, 2.45) is 5.92 Å². The molecule has 0 atom stereocenters. The van der Waals surface area contributed by atoms with Crippen LogP contribution in [0, 0.1) is 5.92 Å². The van der Waals surface area contributed by atoms with Gasteiger partial charge in [-0.05, 0) is 36.1 Å². The molecule has 0 saturated heterocycles. The third-order valence-electron chi connectivity index (χ3n) is 3.40. The molecule has 2 nitrogen and oxygen atoms in total. The zero-order valence-corrected chi connectivity index (χ0v) is 15.3. The lowest BCUT2D eigenvalue weighted by Gasteiger charge is -2.10. The van der Waals surface area contributed by atoms with Crippen LogP contribution in [-0.2, 0) is 17.9 Å². The molecule has 3 heteroatoms. The number of unbranched alkanes of at least 4 members (excludes halogenated alkanes) is 3. The molecule has 0 amide bonds. The number of hydrogen-bond acceptors (Lipinski definition) is 2. The van der Waals surface area contributed by atoms with Crippen LogP contribution >= 0.6 is 15.9 Å². The first-order valence-electron chi connectivity index (χ1n) is 8.19. The lowest BCUT2D eigenvalue weighted by molar-refractivity contribution is 0.116. The molecular weight excluding hydrogens is 326 g/mol. The van der Waals surface area contributed by atoms with E-state index in [0.717, 1.165) is 24.2 Å². The Kier molecular flexibility index (Phi) is 9.98. The van der Waals surface area contributed by atoms with E-state index >= 15 is 0 Å². The first kappa shape index (κ1) is 18.7. The van der Waals surface area contributed by atoms with E-state index in [1.807, 2.05) is 0 Å². The highest BCUT2D eigenvalue weighted by atomic mass is 79.9. The van der Waals surface area contributed by atoms with Crippen LogP contribution in [0.3, 0.4) is 0 Å². The maximum Gasteiger partial charge on any atom is 0.0727 e. The third kappa shape index (κ3) is 8.60. The molecule has 0 spiro atoms. The van der Waals surface area contributed by atoms with Crippen molar-refractivity contribution in [3.63, 3.8) is 0 Å². The Bertz CT molecular complexity index is 393. The van der Waals surface area contributed by atoms with Crippen molar-refractivity contribution >= 4 is 15.9 Å². The molecule has 120 valence electrons. The zero-order chi connectivity index (χ0) is 15.5. The van der Waals surface area contributed by atoms with Crippen LogP contribution < -0.4 is 5.32 Å². The summed E-state index contributed by atoms with van der Waals surface area (Å²) in [7, 11) is 0. The van der Waals surface area contributed by atoms with Crippen molar-refractivity contribution in [3.05, 3.63) is 33.8 Å². The van der Waals surface area contributed by atoms with Gasteiger partial charge < -0.3 is 10.1 Å². The molecule has 0 aliphatic carbocycles. The van der Waals surface area contributed by atoms with Crippen LogP contribution in [0.5, 0.6) is 0 Å². The smallest absolute Gasteiger partial charge is 0.0727 e. The zero-order valence-electron chi connectivity index (χ0n) is 13.8. The molecule has 0 bridgehead atoms. The van der Waals surface area contributed by atoms with Gasteiger partial charge in [-0.25, -0.2) is 0 Å². The Morgan fingerprint density at radius 2 is 2.00 bits per heavy atom. The minimum absolute atomic E-state index is 0.689. The second kappa shape index (κ2) is 11.2. The van der Waals surface area contributed by atoms with Crippen molar-refractivity contribution in [3.8, 4) is 0 Å². The fourth-order valence-electron chi connectivity index (χ4n) is 2.14. The molecule has 0 fully saturated rings. The van der Waals surface area contributed by atoms with Crippen LogP contribution in [0.25, 0.3) is 0 Å². The van der Waals surface area contributed by atoms with Gasteiger partial charge in [0.2, 0.25) is 0 Å². The maximum absolute atomic E-state index is 5.75. The Labute approximate surface area is 138 Å². The second-order valence-corrected chi connectivity index (χ2v) is 6.92. The highest BCUT2D eigenvalue weighted by Gasteiger charge is 2.02. The Hall–Kier alpha value is -0.380. The molecule has 0 aliphatic heterocycles. The predicted molar refractivity (Wildman–Crippen MR) is 94.5 cm³/mol. The Balaban J connectivity index is 2.29. The number of ether oxygens (including phenoxy) is 1. The first-order chi connectivity index (χ1) is 10.1. The number of hydrogen-bond donors (Lipinski definition) is 1. The van der Waals surface area contributed by atoms with E-state index in [1.54, 1.807) is 0 Å². The summed E-state index contributed by atoms with van der Waals surface area (Å²) in [6.07, 6.45) is 5.03. The molecule has 1 aromatic rings. The molecule has 0 aromatic heterocycles. The van der Waals surface area contributed by atoms with Gasteiger partial charge in [0.1, 0.15) is 0 Å². The fourth-order valence-corrected chi connectivity index (χ4v) is 2.68. The van der Waals surface area contributed by atoms with E-state index in [1.165, 1.54) is 36.8 Å². The van der Waals surface area contributed by atoms with Gasteiger partial charge in [-0.1, -0.05) is 68.1 Å². The van der Waals surface area contributed by atoms with Crippen LogP contribution in [0.4, 0.5) is 0 Å². The number of nitrogens with one attached hydrogen (secondary N) is 1. The van der Waals surface area contributed by atoms with Crippen LogP contribution in [0.15, 0.2) is 22.7 Å². The van der Waals surface area contributed by atoms with Gasteiger partial charge in [-0.15, -0.1) is 0 Å². The summed E-state index contributed by atoms with van der Waals surface area (Å²) in [4.78, 5) is 0. The lowest BCUT2D eigenvalue weighted by atomic mass is 10.1. The molecule has 0 heterocycles. The van der Waals surface area contributed by atoms with E-state index in [2.05, 4.69) is 60.2 Å².